The summed E-state index contributed by atoms with van der Waals surface area (Å²) in [6.07, 6.45) is 0. The molecular formula is C9H7FO2S. The number of methoxy groups -OCH3 is 1. The second kappa shape index (κ2) is 2.88. The minimum Gasteiger partial charge on any atom is -0.505 e. The highest BCUT2D eigenvalue weighted by Crippen LogP contribution is 2.37. The Morgan fingerprint density at radius 2 is 2.23 bits per heavy atom. The third-order valence-electron chi connectivity index (χ3n) is 1.84. The predicted molar refractivity (Wildman–Crippen MR) is 50.0 cm³/mol. The molecule has 0 bridgehead atoms. The van der Waals surface area contributed by atoms with Gasteiger partial charge in [-0.25, -0.2) is 4.39 Å². The van der Waals surface area contributed by atoms with Crippen molar-refractivity contribution < 1.29 is 14.2 Å². The molecule has 0 radical (unpaired) electrons. The Morgan fingerprint density at radius 3 is 2.92 bits per heavy atom. The molecule has 0 saturated heterocycles. The fraction of sp³-hybridized carbons (Fsp3) is 0.111. The molecule has 1 heterocycles. The van der Waals surface area contributed by atoms with Crippen molar-refractivity contribution in [1.29, 1.82) is 0 Å². The molecule has 0 unspecified atom stereocenters. The number of phenols is 1. The molecule has 0 saturated carbocycles. The molecule has 68 valence electrons. The van der Waals surface area contributed by atoms with Crippen molar-refractivity contribution in [2.75, 3.05) is 7.11 Å². The van der Waals surface area contributed by atoms with Crippen molar-refractivity contribution in [2.24, 2.45) is 0 Å². The minimum atomic E-state index is -0.615. The highest BCUT2D eigenvalue weighted by molar-refractivity contribution is 7.17. The summed E-state index contributed by atoms with van der Waals surface area (Å²) in [5, 5.41) is 11.2. The lowest BCUT2D eigenvalue weighted by atomic mass is 10.2. The average molecular weight is 198 g/mol. The zero-order valence-electron chi connectivity index (χ0n) is 6.87. The van der Waals surface area contributed by atoms with Gasteiger partial charge in [0.05, 0.1) is 12.5 Å². The van der Waals surface area contributed by atoms with E-state index in [-0.39, 0.29) is 5.75 Å². The van der Waals surface area contributed by atoms with Crippen LogP contribution in [0.5, 0.6) is 11.5 Å². The van der Waals surface area contributed by atoms with Crippen LogP contribution < -0.4 is 4.74 Å². The molecule has 0 spiro atoms. The second-order valence-electron chi connectivity index (χ2n) is 2.58. The largest absolute Gasteiger partial charge is 0.505 e. The molecule has 1 aromatic carbocycles. The quantitative estimate of drug-likeness (QED) is 0.763. The molecule has 1 aromatic heterocycles. The van der Waals surface area contributed by atoms with Gasteiger partial charge in [0.1, 0.15) is 5.75 Å². The number of hydrogen-bond donors (Lipinski definition) is 1. The standard InChI is InChI=1S/C9H7FO2S/c1-12-6-4-13-7-3-2-5(11)9(10)8(6)7/h2-4,11H,1H3. The molecule has 0 amide bonds. The summed E-state index contributed by atoms with van der Waals surface area (Å²) in [4.78, 5) is 0. The van der Waals surface area contributed by atoms with Crippen molar-refractivity contribution in [2.45, 2.75) is 0 Å². The third-order valence-corrected chi connectivity index (χ3v) is 2.77. The third kappa shape index (κ3) is 1.14. The average Bonchev–Trinajstić information content (AvgIpc) is 2.55. The molecule has 2 rings (SSSR count). The fourth-order valence-corrected chi connectivity index (χ4v) is 2.10. The normalized spacial score (nSPS) is 10.6. The number of benzene rings is 1. The summed E-state index contributed by atoms with van der Waals surface area (Å²) in [6.45, 7) is 0. The predicted octanol–water partition coefficient (Wildman–Crippen LogP) is 2.75. The van der Waals surface area contributed by atoms with Crippen molar-refractivity contribution in [3.8, 4) is 11.5 Å². The SMILES string of the molecule is COc1csc2ccc(O)c(F)c12. The maximum Gasteiger partial charge on any atom is 0.177 e. The van der Waals surface area contributed by atoms with Crippen LogP contribution in [-0.2, 0) is 0 Å². The highest BCUT2D eigenvalue weighted by atomic mass is 32.1. The van der Waals surface area contributed by atoms with Crippen molar-refractivity contribution in [1.82, 2.24) is 0 Å². The van der Waals surface area contributed by atoms with Crippen molar-refractivity contribution in [3.05, 3.63) is 23.3 Å². The van der Waals surface area contributed by atoms with Crippen LogP contribution in [0.4, 0.5) is 4.39 Å². The van der Waals surface area contributed by atoms with Gasteiger partial charge in [0.15, 0.2) is 11.6 Å². The Morgan fingerprint density at radius 1 is 1.46 bits per heavy atom. The first kappa shape index (κ1) is 8.31. The summed E-state index contributed by atoms with van der Waals surface area (Å²) >= 11 is 1.39. The Balaban J connectivity index is 2.85. The molecule has 0 atom stereocenters. The Kier molecular flexibility index (Phi) is 1.84. The van der Waals surface area contributed by atoms with E-state index in [1.165, 1.54) is 24.5 Å². The van der Waals surface area contributed by atoms with E-state index in [0.29, 0.717) is 11.1 Å². The van der Waals surface area contributed by atoms with E-state index in [2.05, 4.69) is 0 Å². The van der Waals surface area contributed by atoms with Crippen LogP contribution in [0.3, 0.4) is 0 Å². The number of thiophene rings is 1. The first-order chi connectivity index (χ1) is 6.24. The molecule has 4 heteroatoms. The van der Waals surface area contributed by atoms with E-state index in [1.807, 2.05) is 0 Å². The molecular weight excluding hydrogens is 191 g/mol. The minimum absolute atomic E-state index is 0.343. The van der Waals surface area contributed by atoms with Gasteiger partial charge in [-0.05, 0) is 12.1 Å². The smallest absolute Gasteiger partial charge is 0.177 e. The lowest BCUT2D eigenvalue weighted by molar-refractivity contribution is 0.414. The van der Waals surface area contributed by atoms with E-state index in [9.17, 15) is 4.39 Å². The highest BCUT2D eigenvalue weighted by Gasteiger charge is 2.12. The van der Waals surface area contributed by atoms with Gasteiger partial charge in [0.25, 0.3) is 0 Å². The van der Waals surface area contributed by atoms with Gasteiger partial charge in [-0.2, -0.15) is 0 Å². The molecule has 2 aromatic rings. The first-order valence-corrected chi connectivity index (χ1v) is 4.54. The van der Waals surface area contributed by atoms with E-state index in [4.69, 9.17) is 9.84 Å². The van der Waals surface area contributed by atoms with E-state index in [1.54, 1.807) is 11.4 Å². The van der Waals surface area contributed by atoms with E-state index < -0.39 is 5.82 Å². The number of ether oxygens (including phenoxy) is 1. The van der Waals surface area contributed by atoms with Crippen LogP contribution in [0.15, 0.2) is 17.5 Å². The zero-order valence-corrected chi connectivity index (χ0v) is 7.69. The molecule has 2 nitrogen and oxygen atoms in total. The van der Waals surface area contributed by atoms with Crippen LogP contribution >= 0.6 is 11.3 Å². The van der Waals surface area contributed by atoms with Gasteiger partial charge in [-0.3, -0.25) is 0 Å². The van der Waals surface area contributed by atoms with Gasteiger partial charge >= 0.3 is 0 Å². The number of hydrogen-bond acceptors (Lipinski definition) is 3. The molecule has 1 N–H and O–H groups in total. The second-order valence-corrected chi connectivity index (χ2v) is 3.49. The maximum atomic E-state index is 13.4. The fourth-order valence-electron chi connectivity index (χ4n) is 1.20. The van der Waals surface area contributed by atoms with Crippen molar-refractivity contribution >= 4 is 21.4 Å². The van der Waals surface area contributed by atoms with Gasteiger partial charge < -0.3 is 9.84 Å². The molecule has 0 aliphatic carbocycles. The van der Waals surface area contributed by atoms with Gasteiger partial charge in [-0.15, -0.1) is 11.3 Å². The summed E-state index contributed by atoms with van der Waals surface area (Å²) in [7, 11) is 1.48. The molecule has 0 fully saturated rings. The lowest BCUT2D eigenvalue weighted by Gasteiger charge is -1.99. The summed E-state index contributed by atoms with van der Waals surface area (Å²) in [5.41, 5.74) is 0. The maximum absolute atomic E-state index is 13.4. The lowest BCUT2D eigenvalue weighted by Crippen LogP contribution is -1.83. The molecule has 0 aliphatic heterocycles. The molecule has 13 heavy (non-hydrogen) atoms. The summed E-state index contributed by atoms with van der Waals surface area (Å²) in [6, 6.07) is 3.01. The first-order valence-electron chi connectivity index (χ1n) is 3.66. The topological polar surface area (TPSA) is 29.5 Å². The van der Waals surface area contributed by atoms with Crippen LogP contribution in [-0.4, -0.2) is 12.2 Å². The van der Waals surface area contributed by atoms with Crippen LogP contribution in [0.1, 0.15) is 0 Å². The number of aromatic hydroxyl groups is 1. The van der Waals surface area contributed by atoms with Gasteiger partial charge in [0.2, 0.25) is 0 Å². The van der Waals surface area contributed by atoms with Crippen molar-refractivity contribution in [3.63, 3.8) is 0 Å². The number of phenolic OH excluding ortho intramolecular Hbond substituents is 1. The Hall–Kier alpha value is -1.29. The van der Waals surface area contributed by atoms with E-state index in [0.717, 1.165) is 4.70 Å². The zero-order chi connectivity index (χ0) is 9.42. The molecule has 0 aliphatic rings. The number of halogens is 1. The number of rotatable bonds is 1. The summed E-state index contributed by atoms with van der Waals surface area (Å²) < 4.78 is 19.1. The Bertz CT molecular complexity index is 450. The van der Waals surface area contributed by atoms with Gasteiger partial charge in [-0.1, -0.05) is 0 Å². The van der Waals surface area contributed by atoms with Crippen LogP contribution in [0, 0.1) is 5.82 Å². The monoisotopic (exact) mass is 198 g/mol. The van der Waals surface area contributed by atoms with Gasteiger partial charge in [0, 0.05) is 10.1 Å². The van der Waals surface area contributed by atoms with Crippen LogP contribution in [0.25, 0.3) is 10.1 Å². The van der Waals surface area contributed by atoms with Crippen LogP contribution in [0.2, 0.25) is 0 Å². The van der Waals surface area contributed by atoms with E-state index >= 15 is 0 Å². The number of fused-ring (bicyclic) bond motifs is 1. The summed E-state index contributed by atoms with van der Waals surface area (Å²) in [5.74, 6) is -0.492. The Labute approximate surface area is 78.2 Å².